The number of hydrogen-bond donors (Lipinski definition) is 0. The van der Waals surface area contributed by atoms with Crippen molar-refractivity contribution in [1.82, 2.24) is 4.90 Å². The van der Waals surface area contributed by atoms with Gasteiger partial charge < -0.3 is 0 Å². The summed E-state index contributed by atoms with van der Waals surface area (Å²) in [6.45, 7) is 6.59. The van der Waals surface area contributed by atoms with Crippen LogP contribution in [0.2, 0.25) is 0 Å². The van der Waals surface area contributed by atoms with E-state index in [0.29, 0.717) is 11.8 Å². The van der Waals surface area contributed by atoms with Gasteiger partial charge in [0.2, 0.25) is 0 Å². The summed E-state index contributed by atoms with van der Waals surface area (Å²) in [4.78, 5) is 13.9. The molecule has 0 amide bonds. The second-order valence-electron chi connectivity index (χ2n) is 5.68. The van der Waals surface area contributed by atoms with E-state index in [1.165, 1.54) is 19.3 Å². The fourth-order valence-corrected chi connectivity index (χ4v) is 3.38. The molecule has 1 aliphatic heterocycles. The molecule has 0 aromatic carbocycles. The number of piperidine rings is 1. The zero-order chi connectivity index (χ0) is 10.8. The van der Waals surface area contributed by atoms with Gasteiger partial charge in [-0.15, -0.1) is 0 Å². The summed E-state index contributed by atoms with van der Waals surface area (Å²) in [7, 11) is 0. The standard InChI is InChI=1S/C13H23NO/c1-10-6-11(2)8-12(7-10)14-5-3-4-13(15)9-14/h10-12H,3-9H2,1-2H3. The van der Waals surface area contributed by atoms with Crippen LogP contribution in [0, 0.1) is 11.8 Å². The lowest BCUT2D eigenvalue weighted by Gasteiger charge is -2.40. The maximum Gasteiger partial charge on any atom is 0.146 e. The largest absolute Gasteiger partial charge is 0.298 e. The number of Topliss-reactive ketones (excluding diaryl/α,β-unsaturated/α-hetero) is 1. The molecule has 0 spiro atoms. The first kappa shape index (κ1) is 11.1. The molecule has 2 fully saturated rings. The third kappa shape index (κ3) is 2.81. The zero-order valence-corrected chi connectivity index (χ0v) is 10.0. The third-order valence-corrected chi connectivity index (χ3v) is 3.95. The Bertz CT molecular complexity index is 229. The fraction of sp³-hybridized carbons (Fsp3) is 0.923. The van der Waals surface area contributed by atoms with Crippen molar-refractivity contribution < 1.29 is 4.79 Å². The van der Waals surface area contributed by atoms with Crippen LogP contribution in [-0.2, 0) is 4.79 Å². The van der Waals surface area contributed by atoms with Crippen molar-refractivity contribution in [3.63, 3.8) is 0 Å². The van der Waals surface area contributed by atoms with Crippen LogP contribution in [0.1, 0.15) is 46.0 Å². The van der Waals surface area contributed by atoms with Crippen LogP contribution in [0.4, 0.5) is 0 Å². The number of nitrogens with zero attached hydrogens (tertiary/aromatic N) is 1. The number of likely N-dealkylation sites (tertiary alicyclic amines) is 1. The van der Waals surface area contributed by atoms with Crippen LogP contribution >= 0.6 is 0 Å². The third-order valence-electron chi connectivity index (χ3n) is 3.95. The maximum atomic E-state index is 11.4. The molecule has 1 saturated carbocycles. The summed E-state index contributed by atoms with van der Waals surface area (Å²) in [5.74, 6) is 2.14. The molecular weight excluding hydrogens is 186 g/mol. The van der Waals surface area contributed by atoms with Crippen molar-refractivity contribution >= 4 is 5.78 Å². The molecule has 2 rings (SSSR count). The van der Waals surface area contributed by atoms with Crippen molar-refractivity contribution in [1.29, 1.82) is 0 Å². The number of carbonyl (C=O) groups excluding carboxylic acids is 1. The summed E-state index contributed by atoms with van der Waals surface area (Å²) in [6, 6.07) is 0.688. The summed E-state index contributed by atoms with van der Waals surface area (Å²) in [5.41, 5.74) is 0. The maximum absolute atomic E-state index is 11.4. The van der Waals surface area contributed by atoms with E-state index < -0.39 is 0 Å². The van der Waals surface area contributed by atoms with Crippen molar-refractivity contribution in [2.24, 2.45) is 11.8 Å². The highest BCUT2D eigenvalue weighted by atomic mass is 16.1. The number of ketones is 1. The second-order valence-corrected chi connectivity index (χ2v) is 5.68. The topological polar surface area (TPSA) is 20.3 Å². The van der Waals surface area contributed by atoms with E-state index in [9.17, 15) is 4.79 Å². The number of hydrogen-bond acceptors (Lipinski definition) is 2. The van der Waals surface area contributed by atoms with E-state index in [2.05, 4.69) is 18.7 Å². The lowest BCUT2D eigenvalue weighted by molar-refractivity contribution is -0.123. The van der Waals surface area contributed by atoms with Gasteiger partial charge in [-0.1, -0.05) is 13.8 Å². The highest BCUT2D eigenvalue weighted by Crippen LogP contribution is 2.32. The predicted molar refractivity (Wildman–Crippen MR) is 61.8 cm³/mol. The van der Waals surface area contributed by atoms with Gasteiger partial charge in [0, 0.05) is 12.5 Å². The van der Waals surface area contributed by atoms with Gasteiger partial charge in [-0.25, -0.2) is 0 Å². The summed E-state index contributed by atoms with van der Waals surface area (Å²) in [5, 5.41) is 0. The van der Waals surface area contributed by atoms with Gasteiger partial charge in [0.25, 0.3) is 0 Å². The van der Waals surface area contributed by atoms with Crippen molar-refractivity contribution in [2.75, 3.05) is 13.1 Å². The quantitative estimate of drug-likeness (QED) is 0.661. The fourth-order valence-electron chi connectivity index (χ4n) is 3.38. The van der Waals surface area contributed by atoms with Crippen LogP contribution in [0.15, 0.2) is 0 Å². The average Bonchev–Trinajstić information content (AvgIpc) is 2.16. The highest BCUT2D eigenvalue weighted by Gasteiger charge is 2.30. The van der Waals surface area contributed by atoms with Gasteiger partial charge in [-0.05, 0) is 44.1 Å². The molecular formula is C13H23NO. The van der Waals surface area contributed by atoms with Gasteiger partial charge in [0.15, 0.2) is 0 Å². The summed E-state index contributed by atoms with van der Waals surface area (Å²) >= 11 is 0. The first-order valence-electron chi connectivity index (χ1n) is 6.41. The molecule has 1 saturated heterocycles. The van der Waals surface area contributed by atoms with Crippen molar-refractivity contribution in [2.45, 2.75) is 52.0 Å². The Morgan fingerprint density at radius 3 is 2.40 bits per heavy atom. The second kappa shape index (κ2) is 4.65. The molecule has 1 heterocycles. The molecule has 2 atom stereocenters. The monoisotopic (exact) mass is 209 g/mol. The van der Waals surface area contributed by atoms with E-state index >= 15 is 0 Å². The van der Waals surface area contributed by atoms with E-state index in [-0.39, 0.29) is 0 Å². The molecule has 0 N–H and O–H groups in total. The Morgan fingerprint density at radius 1 is 1.13 bits per heavy atom. The average molecular weight is 209 g/mol. The predicted octanol–water partition coefficient (Wildman–Crippen LogP) is 2.48. The first-order valence-corrected chi connectivity index (χ1v) is 6.41. The van der Waals surface area contributed by atoms with Gasteiger partial charge in [-0.2, -0.15) is 0 Å². The van der Waals surface area contributed by atoms with Gasteiger partial charge in [-0.3, -0.25) is 9.69 Å². The Hall–Kier alpha value is -0.370. The van der Waals surface area contributed by atoms with Gasteiger partial charge >= 0.3 is 0 Å². The molecule has 0 bridgehead atoms. The molecule has 2 aliphatic rings. The lowest BCUT2D eigenvalue weighted by Crippen LogP contribution is -2.46. The van der Waals surface area contributed by atoms with Gasteiger partial charge in [0.05, 0.1) is 6.54 Å². The minimum atomic E-state index is 0.451. The van der Waals surface area contributed by atoms with Crippen LogP contribution in [0.25, 0.3) is 0 Å². The molecule has 2 heteroatoms. The van der Waals surface area contributed by atoms with Crippen LogP contribution in [0.5, 0.6) is 0 Å². The smallest absolute Gasteiger partial charge is 0.146 e. The van der Waals surface area contributed by atoms with Crippen molar-refractivity contribution in [3.8, 4) is 0 Å². The molecule has 0 aromatic heterocycles. The molecule has 86 valence electrons. The van der Waals surface area contributed by atoms with E-state index in [1.807, 2.05) is 0 Å². The van der Waals surface area contributed by atoms with Crippen LogP contribution in [0.3, 0.4) is 0 Å². The minimum Gasteiger partial charge on any atom is -0.298 e. The number of carbonyl (C=O) groups is 1. The molecule has 15 heavy (non-hydrogen) atoms. The zero-order valence-electron chi connectivity index (χ0n) is 10.0. The Balaban J connectivity index is 1.93. The van der Waals surface area contributed by atoms with E-state index in [1.54, 1.807) is 0 Å². The normalized spacial score (nSPS) is 39.3. The van der Waals surface area contributed by atoms with E-state index in [4.69, 9.17) is 0 Å². The Morgan fingerprint density at radius 2 is 1.80 bits per heavy atom. The number of rotatable bonds is 1. The molecule has 0 aromatic rings. The highest BCUT2D eigenvalue weighted by molar-refractivity contribution is 5.81. The van der Waals surface area contributed by atoms with E-state index in [0.717, 1.165) is 37.8 Å². The van der Waals surface area contributed by atoms with Crippen LogP contribution in [-0.4, -0.2) is 29.8 Å². The lowest BCUT2D eigenvalue weighted by atomic mass is 9.79. The van der Waals surface area contributed by atoms with Crippen molar-refractivity contribution in [3.05, 3.63) is 0 Å². The van der Waals surface area contributed by atoms with Crippen LogP contribution < -0.4 is 0 Å². The first-order chi connectivity index (χ1) is 7.15. The van der Waals surface area contributed by atoms with Gasteiger partial charge in [0.1, 0.15) is 5.78 Å². The molecule has 2 unspecified atom stereocenters. The molecule has 2 nitrogen and oxygen atoms in total. The molecule has 1 aliphatic carbocycles. The summed E-state index contributed by atoms with van der Waals surface area (Å²) in [6.07, 6.45) is 5.87. The Kier molecular flexibility index (Phi) is 3.45. The summed E-state index contributed by atoms with van der Waals surface area (Å²) < 4.78 is 0. The molecule has 0 radical (unpaired) electrons. The SMILES string of the molecule is CC1CC(C)CC(N2CCCC(=O)C2)C1. The minimum absolute atomic E-state index is 0.451. The Labute approximate surface area is 93.0 Å².